The van der Waals surface area contributed by atoms with Crippen molar-refractivity contribution >= 4 is 0 Å². The van der Waals surface area contributed by atoms with E-state index in [-0.39, 0.29) is 0 Å². The predicted octanol–water partition coefficient (Wildman–Crippen LogP) is 2.54. The molecule has 0 amide bonds. The van der Waals surface area contributed by atoms with Crippen molar-refractivity contribution in [3.8, 4) is 0 Å². The molecule has 0 bridgehead atoms. The molecule has 1 heterocycles. The first kappa shape index (κ1) is 11.0. The van der Waals surface area contributed by atoms with E-state index in [0.29, 0.717) is 11.1 Å². The van der Waals surface area contributed by atoms with Gasteiger partial charge in [0.05, 0.1) is 0 Å². The highest BCUT2D eigenvalue weighted by Gasteiger charge is 2.50. The summed E-state index contributed by atoms with van der Waals surface area (Å²) in [6.45, 7) is 7.37. The highest BCUT2D eigenvalue weighted by Crippen LogP contribution is 2.45. The first-order valence-electron chi connectivity index (χ1n) is 7.15. The third kappa shape index (κ3) is 1.80. The Bertz CT molecular complexity index is 264. The van der Waals surface area contributed by atoms with Crippen molar-refractivity contribution in [3.05, 3.63) is 0 Å². The Kier molecular flexibility index (Phi) is 2.56. The second-order valence-corrected chi connectivity index (χ2v) is 6.70. The van der Waals surface area contributed by atoms with Crippen molar-refractivity contribution in [1.29, 1.82) is 0 Å². The normalized spacial score (nSPS) is 37.5. The van der Waals surface area contributed by atoms with E-state index in [1.54, 1.807) is 0 Å². The number of piperazine rings is 1. The zero-order chi connectivity index (χ0) is 11.2. The lowest BCUT2D eigenvalue weighted by Gasteiger charge is -2.51. The van der Waals surface area contributed by atoms with Crippen molar-refractivity contribution in [2.45, 2.75) is 75.9 Å². The van der Waals surface area contributed by atoms with E-state index in [4.69, 9.17) is 0 Å². The zero-order valence-corrected chi connectivity index (χ0v) is 10.9. The van der Waals surface area contributed by atoms with Crippen LogP contribution in [0.5, 0.6) is 0 Å². The number of rotatable bonds is 1. The maximum atomic E-state index is 3.87. The standard InChI is InChI=1S/C14H26N2/c1-12-10-15-14(6-4-3-5-7-14)11-16(12)13(2)8-9-13/h12,15H,3-11H2,1-2H3. The molecule has 0 radical (unpaired) electrons. The van der Waals surface area contributed by atoms with Gasteiger partial charge in [0.1, 0.15) is 0 Å². The Hall–Kier alpha value is -0.0800. The van der Waals surface area contributed by atoms with Crippen LogP contribution in [-0.4, -0.2) is 35.1 Å². The van der Waals surface area contributed by atoms with Crippen LogP contribution in [0.2, 0.25) is 0 Å². The Morgan fingerprint density at radius 2 is 1.75 bits per heavy atom. The van der Waals surface area contributed by atoms with Gasteiger partial charge in [-0.3, -0.25) is 4.90 Å². The number of hydrogen-bond acceptors (Lipinski definition) is 2. The van der Waals surface area contributed by atoms with Gasteiger partial charge in [-0.05, 0) is 39.5 Å². The van der Waals surface area contributed by atoms with E-state index in [9.17, 15) is 0 Å². The van der Waals surface area contributed by atoms with Gasteiger partial charge < -0.3 is 5.32 Å². The van der Waals surface area contributed by atoms with Crippen LogP contribution in [0, 0.1) is 0 Å². The Labute approximate surface area is 99.8 Å². The zero-order valence-electron chi connectivity index (χ0n) is 10.9. The summed E-state index contributed by atoms with van der Waals surface area (Å²) in [6.07, 6.45) is 9.99. The molecule has 1 saturated heterocycles. The van der Waals surface area contributed by atoms with Crippen LogP contribution in [0.25, 0.3) is 0 Å². The fraction of sp³-hybridized carbons (Fsp3) is 1.00. The van der Waals surface area contributed by atoms with Crippen molar-refractivity contribution in [1.82, 2.24) is 10.2 Å². The van der Waals surface area contributed by atoms with E-state index < -0.39 is 0 Å². The first-order chi connectivity index (χ1) is 7.64. The predicted molar refractivity (Wildman–Crippen MR) is 67.6 cm³/mol. The molecule has 1 N–H and O–H groups in total. The molecule has 3 rings (SSSR count). The Morgan fingerprint density at radius 1 is 1.06 bits per heavy atom. The fourth-order valence-electron chi connectivity index (χ4n) is 3.77. The molecule has 2 aliphatic carbocycles. The summed E-state index contributed by atoms with van der Waals surface area (Å²) in [5, 5.41) is 3.87. The maximum Gasteiger partial charge on any atom is 0.0309 e. The van der Waals surface area contributed by atoms with E-state index in [0.717, 1.165) is 6.04 Å². The van der Waals surface area contributed by atoms with Crippen LogP contribution >= 0.6 is 0 Å². The van der Waals surface area contributed by atoms with Gasteiger partial charge in [-0.25, -0.2) is 0 Å². The molecule has 3 aliphatic rings. The summed E-state index contributed by atoms with van der Waals surface area (Å²) < 4.78 is 0. The number of nitrogens with one attached hydrogen (secondary N) is 1. The molecule has 3 fully saturated rings. The van der Waals surface area contributed by atoms with Crippen molar-refractivity contribution < 1.29 is 0 Å². The molecule has 1 aliphatic heterocycles. The maximum absolute atomic E-state index is 3.87. The first-order valence-corrected chi connectivity index (χ1v) is 7.15. The van der Waals surface area contributed by atoms with Crippen molar-refractivity contribution in [2.24, 2.45) is 0 Å². The number of hydrogen-bond donors (Lipinski definition) is 1. The van der Waals surface area contributed by atoms with Crippen LogP contribution in [0.15, 0.2) is 0 Å². The molecule has 92 valence electrons. The largest absolute Gasteiger partial charge is 0.308 e. The fourth-order valence-corrected chi connectivity index (χ4v) is 3.77. The molecule has 2 nitrogen and oxygen atoms in total. The third-order valence-corrected chi connectivity index (χ3v) is 5.26. The topological polar surface area (TPSA) is 15.3 Å². The average Bonchev–Trinajstić information content (AvgIpc) is 3.03. The van der Waals surface area contributed by atoms with Gasteiger partial charge in [0.15, 0.2) is 0 Å². The van der Waals surface area contributed by atoms with E-state index in [2.05, 4.69) is 24.1 Å². The summed E-state index contributed by atoms with van der Waals surface area (Å²) in [5.41, 5.74) is 1.04. The average molecular weight is 222 g/mol. The Morgan fingerprint density at radius 3 is 2.38 bits per heavy atom. The van der Waals surface area contributed by atoms with Gasteiger partial charge in [-0.2, -0.15) is 0 Å². The third-order valence-electron chi connectivity index (χ3n) is 5.26. The molecular formula is C14H26N2. The lowest BCUT2D eigenvalue weighted by molar-refractivity contribution is 0.0268. The van der Waals surface area contributed by atoms with Crippen LogP contribution in [0.3, 0.4) is 0 Å². The van der Waals surface area contributed by atoms with Crippen LogP contribution in [0.1, 0.15) is 58.8 Å². The minimum absolute atomic E-state index is 0.482. The second-order valence-electron chi connectivity index (χ2n) is 6.70. The highest BCUT2D eigenvalue weighted by molar-refractivity contribution is 5.08. The summed E-state index contributed by atoms with van der Waals surface area (Å²) >= 11 is 0. The molecule has 1 unspecified atom stereocenters. The molecular weight excluding hydrogens is 196 g/mol. The highest BCUT2D eigenvalue weighted by atomic mass is 15.3. The van der Waals surface area contributed by atoms with Crippen LogP contribution < -0.4 is 5.32 Å². The quantitative estimate of drug-likeness (QED) is 0.733. The molecule has 0 aromatic rings. The van der Waals surface area contributed by atoms with Gasteiger partial charge in [0.25, 0.3) is 0 Å². The molecule has 0 aromatic heterocycles. The van der Waals surface area contributed by atoms with Gasteiger partial charge in [-0.1, -0.05) is 19.3 Å². The molecule has 1 atom stereocenters. The summed E-state index contributed by atoms with van der Waals surface area (Å²) in [4.78, 5) is 2.81. The van der Waals surface area contributed by atoms with Crippen LogP contribution in [-0.2, 0) is 0 Å². The minimum Gasteiger partial charge on any atom is -0.308 e. The van der Waals surface area contributed by atoms with Gasteiger partial charge in [-0.15, -0.1) is 0 Å². The summed E-state index contributed by atoms with van der Waals surface area (Å²) in [7, 11) is 0. The van der Waals surface area contributed by atoms with Gasteiger partial charge >= 0.3 is 0 Å². The molecule has 16 heavy (non-hydrogen) atoms. The molecule has 2 saturated carbocycles. The monoisotopic (exact) mass is 222 g/mol. The molecule has 2 heteroatoms. The second kappa shape index (κ2) is 3.71. The Balaban J connectivity index is 1.74. The molecule has 0 aromatic carbocycles. The van der Waals surface area contributed by atoms with Crippen molar-refractivity contribution in [3.63, 3.8) is 0 Å². The van der Waals surface area contributed by atoms with Crippen LogP contribution in [0.4, 0.5) is 0 Å². The smallest absolute Gasteiger partial charge is 0.0309 e. The molecule has 1 spiro atoms. The van der Waals surface area contributed by atoms with Crippen molar-refractivity contribution in [2.75, 3.05) is 13.1 Å². The van der Waals surface area contributed by atoms with E-state index in [1.165, 1.54) is 58.0 Å². The van der Waals surface area contributed by atoms with E-state index in [1.807, 2.05) is 0 Å². The van der Waals surface area contributed by atoms with Gasteiger partial charge in [0, 0.05) is 30.2 Å². The summed E-state index contributed by atoms with van der Waals surface area (Å²) in [5.74, 6) is 0. The lowest BCUT2D eigenvalue weighted by atomic mass is 9.79. The van der Waals surface area contributed by atoms with Gasteiger partial charge in [0.2, 0.25) is 0 Å². The number of nitrogens with zero attached hydrogens (tertiary/aromatic N) is 1. The lowest BCUT2D eigenvalue weighted by Crippen LogP contribution is -2.66. The minimum atomic E-state index is 0.482. The summed E-state index contributed by atoms with van der Waals surface area (Å²) in [6, 6.07) is 0.736. The van der Waals surface area contributed by atoms with E-state index >= 15 is 0 Å². The SMILES string of the molecule is CC1CNC2(CCCCC2)CN1C1(C)CC1.